The lowest BCUT2D eigenvalue weighted by molar-refractivity contribution is -0.142. The van der Waals surface area contributed by atoms with Crippen molar-refractivity contribution in [3.05, 3.63) is 18.2 Å². The van der Waals surface area contributed by atoms with Crippen molar-refractivity contribution in [3.63, 3.8) is 0 Å². The highest BCUT2D eigenvalue weighted by Gasteiger charge is 2.38. The van der Waals surface area contributed by atoms with E-state index in [0.29, 0.717) is 30.3 Å². The zero-order chi connectivity index (χ0) is 12.6. The zero-order valence-electron chi connectivity index (χ0n) is 9.93. The Balaban J connectivity index is 2.51. The van der Waals surface area contributed by atoms with Gasteiger partial charge < -0.3 is 20.5 Å². The molecular formula is C12H16N2O3. The highest BCUT2D eigenvalue weighted by atomic mass is 16.5. The summed E-state index contributed by atoms with van der Waals surface area (Å²) in [6, 6.07) is 5.35. The van der Waals surface area contributed by atoms with Crippen LogP contribution in [0.25, 0.3) is 0 Å². The maximum absolute atomic E-state index is 11.3. The molecule has 0 unspecified atom stereocenters. The molecule has 0 atom stereocenters. The van der Waals surface area contributed by atoms with Gasteiger partial charge in [0.1, 0.15) is 23.6 Å². The minimum atomic E-state index is -1.01. The second-order valence-electron chi connectivity index (χ2n) is 4.56. The van der Waals surface area contributed by atoms with Crippen molar-refractivity contribution in [2.24, 2.45) is 0 Å². The number of nitrogens with zero attached hydrogens (tertiary/aromatic N) is 1. The molecule has 0 spiro atoms. The average Bonchev–Trinajstić information content (AvgIpc) is 2.28. The van der Waals surface area contributed by atoms with Gasteiger partial charge in [0.05, 0.1) is 12.2 Å². The summed E-state index contributed by atoms with van der Waals surface area (Å²) in [4.78, 5) is 13.1. The van der Waals surface area contributed by atoms with Gasteiger partial charge in [0.25, 0.3) is 0 Å². The molecule has 0 radical (unpaired) electrons. The van der Waals surface area contributed by atoms with Crippen LogP contribution in [0, 0.1) is 0 Å². The number of benzene rings is 1. The smallest absolute Gasteiger partial charge is 0.328 e. The molecule has 0 aromatic heterocycles. The van der Waals surface area contributed by atoms with Crippen molar-refractivity contribution in [1.29, 1.82) is 0 Å². The number of rotatable bonds is 2. The molecule has 17 heavy (non-hydrogen) atoms. The number of carboxylic acid groups (broad SMARTS) is 1. The summed E-state index contributed by atoms with van der Waals surface area (Å²) in [5, 5.41) is 9.29. The summed E-state index contributed by atoms with van der Waals surface area (Å²) in [6.45, 7) is 4.31. The Hall–Kier alpha value is -1.91. The maximum Gasteiger partial charge on any atom is 0.328 e. The highest BCUT2D eigenvalue weighted by molar-refractivity contribution is 5.87. The SMILES string of the molecule is CC(C)(C(=O)O)N1CCOc2cccc(N)c21. The van der Waals surface area contributed by atoms with Gasteiger partial charge in [0.15, 0.2) is 0 Å². The summed E-state index contributed by atoms with van der Waals surface area (Å²) in [5.74, 6) is -0.237. The van der Waals surface area contributed by atoms with E-state index < -0.39 is 11.5 Å². The number of carbonyl (C=O) groups is 1. The minimum absolute atomic E-state index is 0.465. The number of hydrogen-bond acceptors (Lipinski definition) is 4. The molecule has 0 fully saturated rings. The zero-order valence-corrected chi connectivity index (χ0v) is 9.93. The van der Waals surface area contributed by atoms with E-state index in [4.69, 9.17) is 10.5 Å². The van der Waals surface area contributed by atoms with Crippen LogP contribution in [0.15, 0.2) is 18.2 Å². The van der Waals surface area contributed by atoms with E-state index in [0.717, 1.165) is 0 Å². The Bertz CT molecular complexity index is 457. The molecule has 1 aliphatic heterocycles. The van der Waals surface area contributed by atoms with E-state index >= 15 is 0 Å². The van der Waals surface area contributed by atoms with Gasteiger partial charge in [-0.2, -0.15) is 0 Å². The Morgan fingerprint density at radius 3 is 2.88 bits per heavy atom. The lowest BCUT2D eigenvalue weighted by Gasteiger charge is -2.41. The van der Waals surface area contributed by atoms with Gasteiger partial charge in [-0.25, -0.2) is 4.79 Å². The summed E-state index contributed by atoms with van der Waals surface area (Å²) < 4.78 is 5.49. The van der Waals surface area contributed by atoms with Crippen LogP contribution in [0.4, 0.5) is 11.4 Å². The topological polar surface area (TPSA) is 75.8 Å². The van der Waals surface area contributed by atoms with Crippen LogP contribution in [0.5, 0.6) is 5.75 Å². The number of aliphatic carboxylic acids is 1. The fraction of sp³-hybridized carbons (Fsp3) is 0.417. The number of ether oxygens (including phenoxy) is 1. The van der Waals surface area contributed by atoms with Crippen molar-refractivity contribution in [2.75, 3.05) is 23.8 Å². The average molecular weight is 236 g/mol. The molecule has 92 valence electrons. The molecule has 0 saturated heterocycles. The second kappa shape index (κ2) is 3.84. The van der Waals surface area contributed by atoms with Crippen LogP contribution < -0.4 is 15.4 Å². The Labute approximate surface area is 99.8 Å². The summed E-state index contributed by atoms with van der Waals surface area (Å²) >= 11 is 0. The standard InChI is InChI=1S/C12H16N2O3/c1-12(2,11(15)16)14-6-7-17-9-5-3-4-8(13)10(9)14/h3-5H,6-7,13H2,1-2H3,(H,15,16). The van der Waals surface area contributed by atoms with Gasteiger partial charge in [0, 0.05) is 0 Å². The maximum atomic E-state index is 11.3. The van der Waals surface area contributed by atoms with Gasteiger partial charge in [-0.05, 0) is 26.0 Å². The Morgan fingerprint density at radius 2 is 2.24 bits per heavy atom. The van der Waals surface area contributed by atoms with Gasteiger partial charge in [-0.3, -0.25) is 0 Å². The van der Waals surface area contributed by atoms with E-state index in [1.54, 1.807) is 36.9 Å². The van der Waals surface area contributed by atoms with E-state index in [-0.39, 0.29) is 0 Å². The van der Waals surface area contributed by atoms with Crippen LogP contribution in [0.3, 0.4) is 0 Å². The highest BCUT2D eigenvalue weighted by Crippen LogP contribution is 2.40. The number of para-hydroxylation sites is 1. The molecule has 0 amide bonds. The van der Waals surface area contributed by atoms with Gasteiger partial charge in [-0.1, -0.05) is 6.07 Å². The first-order valence-electron chi connectivity index (χ1n) is 5.47. The first-order chi connectivity index (χ1) is 7.94. The van der Waals surface area contributed by atoms with Crippen LogP contribution in [0.1, 0.15) is 13.8 Å². The molecule has 1 aromatic rings. The van der Waals surface area contributed by atoms with E-state index in [1.165, 1.54) is 0 Å². The number of hydrogen-bond donors (Lipinski definition) is 2. The molecule has 5 nitrogen and oxygen atoms in total. The summed E-state index contributed by atoms with van der Waals surface area (Å²) in [6.07, 6.45) is 0. The summed E-state index contributed by atoms with van der Waals surface area (Å²) in [5.41, 5.74) is 6.12. The molecule has 2 rings (SSSR count). The van der Waals surface area contributed by atoms with E-state index in [1.807, 2.05) is 0 Å². The fourth-order valence-electron chi connectivity index (χ4n) is 1.98. The predicted octanol–water partition coefficient (Wildman–Crippen LogP) is 1.33. The quantitative estimate of drug-likeness (QED) is 0.758. The van der Waals surface area contributed by atoms with Crippen LogP contribution in [-0.4, -0.2) is 29.8 Å². The van der Waals surface area contributed by atoms with Crippen molar-refractivity contribution >= 4 is 17.3 Å². The van der Waals surface area contributed by atoms with Crippen molar-refractivity contribution in [3.8, 4) is 5.75 Å². The number of nitrogens with two attached hydrogens (primary N) is 1. The lowest BCUT2D eigenvalue weighted by atomic mass is 10.0. The van der Waals surface area contributed by atoms with E-state index in [9.17, 15) is 9.90 Å². The van der Waals surface area contributed by atoms with Gasteiger partial charge in [-0.15, -0.1) is 0 Å². The molecular weight excluding hydrogens is 220 g/mol. The number of carboxylic acids is 1. The molecule has 1 aliphatic rings. The van der Waals surface area contributed by atoms with E-state index in [2.05, 4.69) is 0 Å². The molecule has 5 heteroatoms. The molecule has 0 aliphatic carbocycles. The summed E-state index contributed by atoms with van der Waals surface area (Å²) in [7, 11) is 0. The molecule has 1 heterocycles. The third-order valence-corrected chi connectivity index (χ3v) is 3.07. The number of fused-ring (bicyclic) bond motifs is 1. The molecule has 0 saturated carbocycles. The third-order valence-electron chi connectivity index (χ3n) is 3.07. The second-order valence-corrected chi connectivity index (χ2v) is 4.56. The van der Waals surface area contributed by atoms with Crippen molar-refractivity contribution in [1.82, 2.24) is 0 Å². The first kappa shape index (κ1) is 11.6. The van der Waals surface area contributed by atoms with Crippen molar-refractivity contribution < 1.29 is 14.6 Å². The molecule has 3 N–H and O–H groups in total. The molecule has 0 bridgehead atoms. The number of nitrogen functional groups attached to an aromatic ring is 1. The predicted molar refractivity (Wildman–Crippen MR) is 65.4 cm³/mol. The van der Waals surface area contributed by atoms with Gasteiger partial charge in [0.2, 0.25) is 0 Å². The fourth-order valence-corrected chi connectivity index (χ4v) is 1.98. The monoisotopic (exact) mass is 236 g/mol. The van der Waals surface area contributed by atoms with Crippen molar-refractivity contribution in [2.45, 2.75) is 19.4 Å². The number of anilines is 2. The lowest BCUT2D eigenvalue weighted by Crippen LogP contribution is -2.53. The van der Waals surface area contributed by atoms with Crippen LogP contribution in [-0.2, 0) is 4.79 Å². The van der Waals surface area contributed by atoms with Gasteiger partial charge >= 0.3 is 5.97 Å². The van der Waals surface area contributed by atoms with Crippen LogP contribution in [0.2, 0.25) is 0 Å². The Kier molecular flexibility index (Phi) is 2.61. The Morgan fingerprint density at radius 1 is 1.53 bits per heavy atom. The third kappa shape index (κ3) is 1.77. The first-order valence-corrected chi connectivity index (χ1v) is 5.47. The largest absolute Gasteiger partial charge is 0.489 e. The van der Waals surface area contributed by atoms with Crippen LogP contribution >= 0.6 is 0 Å². The molecule has 1 aromatic carbocycles. The normalized spacial score (nSPS) is 15.1. The minimum Gasteiger partial charge on any atom is -0.489 e.